The van der Waals surface area contributed by atoms with Crippen LogP contribution < -0.4 is 16.2 Å². The van der Waals surface area contributed by atoms with Crippen molar-refractivity contribution in [2.24, 2.45) is 0 Å². The average Bonchev–Trinajstić information content (AvgIpc) is 3.16. The fourth-order valence-electron chi connectivity index (χ4n) is 2.94. The summed E-state index contributed by atoms with van der Waals surface area (Å²) in [6, 6.07) is 14.5. The van der Waals surface area contributed by atoms with E-state index in [-0.39, 0.29) is 31.1 Å². The van der Waals surface area contributed by atoms with Crippen molar-refractivity contribution in [1.29, 1.82) is 0 Å². The van der Waals surface area contributed by atoms with E-state index in [1.54, 1.807) is 30.5 Å². The zero-order valence-corrected chi connectivity index (χ0v) is 16.2. The molecule has 2 amide bonds. The van der Waals surface area contributed by atoms with Crippen molar-refractivity contribution in [2.45, 2.75) is 19.3 Å². The van der Waals surface area contributed by atoms with E-state index in [4.69, 9.17) is 5.11 Å². The van der Waals surface area contributed by atoms with Gasteiger partial charge in [0, 0.05) is 41.2 Å². The second kappa shape index (κ2) is 9.42. The largest absolute Gasteiger partial charge is 0.481 e. The number of anilines is 1. The number of nitrogens with one attached hydrogen (secondary N) is 4. The molecule has 3 rings (SSSR count). The van der Waals surface area contributed by atoms with Crippen molar-refractivity contribution in [3.63, 3.8) is 0 Å². The van der Waals surface area contributed by atoms with Gasteiger partial charge in [-0.2, -0.15) is 0 Å². The van der Waals surface area contributed by atoms with Crippen LogP contribution in [0, 0.1) is 0 Å². The van der Waals surface area contributed by atoms with Crippen LogP contribution >= 0.6 is 0 Å². The van der Waals surface area contributed by atoms with E-state index in [1.807, 2.05) is 24.3 Å². The van der Waals surface area contributed by atoms with Crippen LogP contribution in [0.1, 0.15) is 35.2 Å². The number of hydrazine groups is 1. The molecule has 5 N–H and O–H groups in total. The van der Waals surface area contributed by atoms with Gasteiger partial charge in [-0.25, -0.2) is 0 Å². The van der Waals surface area contributed by atoms with Crippen molar-refractivity contribution in [3.05, 3.63) is 72.4 Å². The van der Waals surface area contributed by atoms with Gasteiger partial charge in [-0.05, 0) is 24.6 Å². The number of fused-ring (bicyclic) bond motifs is 1. The molecule has 8 nitrogen and oxygen atoms in total. The molecule has 1 aromatic heterocycles. The van der Waals surface area contributed by atoms with Crippen LogP contribution in [0.3, 0.4) is 0 Å². The molecule has 0 saturated heterocycles. The Morgan fingerprint density at radius 3 is 2.60 bits per heavy atom. The summed E-state index contributed by atoms with van der Waals surface area (Å²) >= 11 is 0. The second-order valence-electron chi connectivity index (χ2n) is 6.68. The van der Waals surface area contributed by atoms with Crippen LogP contribution in [0.15, 0.2) is 61.3 Å². The van der Waals surface area contributed by atoms with Crippen LogP contribution in [0.4, 0.5) is 5.69 Å². The number of aromatic amines is 1. The minimum absolute atomic E-state index is 0.0513. The summed E-state index contributed by atoms with van der Waals surface area (Å²) in [4.78, 5) is 38.0. The summed E-state index contributed by atoms with van der Waals surface area (Å²) in [5.41, 5.74) is 8.47. The van der Waals surface area contributed by atoms with Gasteiger partial charge < -0.3 is 15.4 Å². The Morgan fingerprint density at radius 2 is 1.80 bits per heavy atom. The predicted octanol–water partition coefficient (Wildman–Crippen LogP) is 3.27. The van der Waals surface area contributed by atoms with Gasteiger partial charge in [0.15, 0.2) is 0 Å². The lowest BCUT2D eigenvalue weighted by Crippen LogP contribution is -2.35. The van der Waals surface area contributed by atoms with E-state index in [9.17, 15) is 14.4 Å². The summed E-state index contributed by atoms with van der Waals surface area (Å²) in [5, 5.41) is 12.2. The maximum Gasteiger partial charge on any atom is 0.303 e. The topological polar surface area (TPSA) is 123 Å². The highest BCUT2D eigenvalue weighted by atomic mass is 16.4. The summed E-state index contributed by atoms with van der Waals surface area (Å²) in [6.07, 6.45) is 1.99. The minimum Gasteiger partial charge on any atom is -0.481 e. The zero-order valence-electron chi connectivity index (χ0n) is 16.2. The molecule has 0 spiro atoms. The molecule has 0 unspecified atom stereocenters. The fraction of sp³-hybridized carbons (Fsp3) is 0.136. The van der Waals surface area contributed by atoms with E-state index in [1.165, 1.54) is 0 Å². The highest BCUT2D eigenvalue weighted by Gasteiger charge is 2.12. The van der Waals surface area contributed by atoms with Crippen LogP contribution in [0.5, 0.6) is 0 Å². The number of carboxylic acid groups (broad SMARTS) is 1. The van der Waals surface area contributed by atoms with Gasteiger partial charge in [0.1, 0.15) is 0 Å². The van der Waals surface area contributed by atoms with Crippen molar-refractivity contribution in [3.8, 4) is 0 Å². The number of para-hydroxylation sites is 1. The number of benzene rings is 2. The van der Waals surface area contributed by atoms with Crippen molar-refractivity contribution < 1.29 is 19.5 Å². The van der Waals surface area contributed by atoms with E-state index in [2.05, 4.69) is 27.7 Å². The normalized spacial score (nSPS) is 10.4. The number of carboxylic acids is 1. The molecule has 0 aliphatic carbocycles. The summed E-state index contributed by atoms with van der Waals surface area (Å²) in [5.74, 6) is -1.50. The fourth-order valence-corrected chi connectivity index (χ4v) is 2.94. The lowest BCUT2D eigenvalue weighted by atomic mass is 10.1. The monoisotopic (exact) mass is 406 g/mol. The number of rotatable bonds is 9. The smallest absolute Gasteiger partial charge is 0.303 e. The summed E-state index contributed by atoms with van der Waals surface area (Å²) in [7, 11) is 0. The number of carbonyl (C=O) groups is 3. The maximum atomic E-state index is 12.5. The van der Waals surface area contributed by atoms with Crippen LogP contribution in [0.2, 0.25) is 0 Å². The molecule has 1 heterocycles. The third-order valence-corrected chi connectivity index (χ3v) is 4.45. The first-order valence-corrected chi connectivity index (χ1v) is 9.37. The van der Waals surface area contributed by atoms with E-state index >= 15 is 0 Å². The Kier molecular flexibility index (Phi) is 6.49. The van der Waals surface area contributed by atoms with E-state index in [0.29, 0.717) is 22.5 Å². The van der Waals surface area contributed by atoms with Crippen molar-refractivity contribution in [2.75, 3.05) is 5.32 Å². The highest BCUT2D eigenvalue weighted by Crippen LogP contribution is 2.18. The van der Waals surface area contributed by atoms with E-state index in [0.717, 1.165) is 10.9 Å². The Hall–Kier alpha value is -4.07. The Morgan fingerprint density at radius 1 is 1.00 bits per heavy atom. The van der Waals surface area contributed by atoms with Gasteiger partial charge in [-0.15, -0.1) is 0 Å². The summed E-state index contributed by atoms with van der Waals surface area (Å²) in [6.45, 7) is 3.92. The van der Waals surface area contributed by atoms with E-state index < -0.39 is 5.97 Å². The lowest BCUT2D eigenvalue weighted by molar-refractivity contribution is -0.137. The predicted molar refractivity (Wildman–Crippen MR) is 114 cm³/mol. The van der Waals surface area contributed by atoms with Gasteiger partial charge in [0.25, 0.3) is 5.91 Å². The van der Waals surface area contributed by atoms with Gasteiger partial charge in [-0.3, -0.25) is 25.2 Å². The SMILES string of the molecule is C=C(NNC(=O)c1c[nH]c2ccccc12)c1cccc(NC(=O)CCCC(=O)O)c1. The Labute approximate surface area is 173 Å². The molecule has 30 heavy (non-hydrogen) atoms. The Balaban J connectivity index is 1.56. The second-order valence-corrected chi connectivity index (χ2v) is 6.68. The molecule has 0 fully saturated rings. The first-order valence-electron chi connectivity index (χ1n) is 9.37. The number of hydrogen-bond donors (Lipinski definition) is 5. The molecule has 0 bridgehead atoms. The molecular formula is C22H22N4O4. The van der Waals surface area contributed by atoms with Crippen LogP contribution in [-0.4, -0.2) is 27.9 Å². The molecule has 0 saturated carbocycles. The number of amides is 2. The molecule has 0 radical (unpaired) electrons. The average molecular weight is 406 g/mol. The minimum atomic E-state index is -0.929. The van der Waals surface area contributed by atoms with Gasteiger partial charge in [0.05, 0.1) is 11.3 Å². The van der Waals surface area contributed by atoms with Gasteiger partial charge in [0.2, 0.25) is 5.91 Å². The van der Waals surface area contributed by atoms with Crippen molar-refractivity contribution in [1.82, 2.24) is 15.8 Å². The standard InChI is InChI=1S/C22H22N4O4/c1-14(25-26-22(30)18-13-23-19-9-3-2-8-17(18)19)15-6-4-7-16(12-15)24-20(27)10-5-11-21(28)29/h2-4,6-9,12-13,23,25H,1,5,10-11H2,(H,24,27)(H,26,30)(H,28,29). The van der Waals surface area contributed by atoms with Gasteiger partial charge >= 0.3 is 5.97 Å². The third kappa shape index (κ3) is 5.26. The molecule has 0 atom stereocenters. The van der Waals surface area contributed by atoms with Crippen LogP contribution in [-0.2, 0) is 9.59 Å². The maximum absolute atomic E-state index is 12.5. The van der Waals surface area contributed by atoms with Gasteiger partial charge in [-0.1, -0.05) is 36.9 Å². The number of hydrogen-bond acceptors (Lipinski definition) is 4. The lowest BCUT2D eigenvalue weighted by Gasteiger charge is -2.12. The zero-order chi connectivity index (χ0) is 21.5. The Bertz CT molecular complexity index is 1100. The molecule has 0 aliphatic heterocycles. The first kappa shape index (κ1) is 20.7. The molecule has 8 heteroatoms. The molecule has 154 valence electrons. The number of H-pyrrole nitrogens is 1. The quantitative estimate of drug-likeness (QED) is 0.349. The number of aliphatic carboxylic acids is 1. The molecular weight excluding hydrogens is 384 g/mol. The highest BCUT2D eigenvalue weighted by molar-refractivity contribution is 6.06. The first-order chi connectivity index (χ1) is 14.4. The molecule has 3 aromatic rings. The van der Waals surface area contributed by atoms with Crippen molar-refractivity contribution >= 4 is 40.1 Å². The third-order valence-electron chi connectivity index (χ3n) is 4.45. The molecule has 2 aromatic carbocycles. The summed E-state index contributed by atoms with van der Waals surface area (Å²) < 4.78 is 0. The molecule has 0 aliphatic rings. The number of carbonyl (C=O) groups excluding carboxylic acids is 2. The number of aromatic nitrogens is 1. The van der Waals surface area contributed by atoms with Crippen LogP contribution in [0.25, 0.3) is 16.6 Å².